The van der Waals surface area contributed by atoms with Crippen molar-refractivity contribution in [3.05, 3.63) is 0 Å². The molecule has 0 aromatic rings. The van der Waals surface area contributed by atoms with E-state index >= 15 is 0 Å². The minimum atomic E-state index is -1.20. The average Bonchev–Trinajstić information content (AvgIpc) is 2.66. The van der Waals surface area contributed by atoms with E-state index in [1.54, 1.807) is 0 Å². The minimum absolute atomic E-state index is 0.0227. The molecule has 0 rings (SSSR count). The summed E-state index contributed by atoms with van der Waals surface area (Å²) in [6, 6.07) is -4.27. The molecule has 7 N–H and O–H groups in total. The molecule has 0 aliphatic rings. The number of nitrogens with two attached hydrogens (primary N) is 1. The van der Waals surface area contributed by atoms with Gasteiger partial charge in [0.05, 0.1) is 6.04 Å². The number of amides is 3. The van der Waals surface area contributed by atoms with E-state index in [-0.39, 0.29) is 31.6 Å². The van der Waals surface area contributed by atoms with Crippen molar-refractivity contribution < 1.29 is 34.2 Å². The predicted octanol–water partition coefficient (Wildman–Crippen LogP) is -0.463. The summed E-state index contributed by atoms with van der Waals surface area (Å²) in [7, 11) is 0. The zero-order valence-corrected chi connectivity index (χ0v) is 19.2. The monoisotopic (exact) mass is 462 g/mol. The Morgan fingerprint density at radius 2 is 1.32 bits per heavy atom. The lowest BCUT2D eigenvalue weighted by molar-refractivity contribution is -0.142. The van der Waals surface area contributed by atoms with Crippen molar-refractivity contribution in [1.82, 2.24) is 16.0 Å². The standard InChI is InChI=1S/C19H34N4O7S/c1-10(2)9-14(19(29)30)23-18(28)13(7-8-31-4)22-17(27)12(5-6-15(24)25)21-16(26)11(3)20/h10-14H,5-9,20H2,1-4H3,(H,21,26)(H,22,27)(H,23,28)(H,24,25)(H,29,30). The molecule has 0 radical (unpaired) electrons. The second-order valence-electron chi connectivity index (χ2n) is 7.65. The molecule has 0 spiro atoms. The van der Waals surface area contributed by atoms with Gasteiger partial charge in [-0.3, -0.25) is 19.2 Å². The van der Waals surface area contributed by atoms with Gasteiger partial charge in [0.1, 0.15) is 18.1 Å². The number of aliphatic carboxylic acids is 2. The maximum atomic E-state index is 12.7. The van der Waals surface area contributed by atoms with Crippen LogP contribution in [-0.4, -0.2) is 76.0 Å². The summed E-state index contributed by atoms with van der Waals surface area (Å²) in [5.41, 5.74) is 5.50. The minimum Gasteiger partial charge on any atom is -0.481 e. The van der Waals surface area contributed by atoms with Gasteiger partial charge in [-0.2, -0.15) is 11.8 Å². The number of carbonyl (C=O) groups excluding carboxylic acids is 3. The van der Waals surface area contributed by atoms with Crippen molar-refractivity contribution in [1.29, 1.82) is 0 Å². The van der Waals surface area contributed by atoms with Crippen molar-refractivity contribution in [2.24, 2.45) is 11.7 Å². The fourth-order valence-corrected chi connectivity index (χ4v) is 3.05. The lowest BCUT2D eigenvalue weighted by atomic mass is 10.0. The number of carboxylic acid groups (broad SMARTS) is 2. The van der Waals surface area contributed by atoms with Gasteiger partial charge >= 0.3 is 11.9 Å². The molecule has 0 aliphatic carbocycles. The fourth-order valence-electron chi connectivity index (χ4n) is 2.58. The second kappa shape index (κ2) is 14.6. The van der Waals surface area contributed by atoms with Crippen molar-refractivity contribution in [2.75, 3.05) is 12.0 Å². The number of hydrogen-bond donors (Lipinski definition) is 6. The van der Waals surface area contributed by atoms with Crippen LogP contribution < -0.4 is 21.7 Å². The number of carboxylic acids is 2. The number of thioether (sulfide) groups is 1. The summed E-state index contributed by atoms with van der Waals surface area (Å²) in [6.45, 7) is 5.06. The molecule has 12 heteroatoms. The molecule has 0 fully saturated rings. The zero-order chi connectivity index (χ0) is 24.1. The average molecular weight is 463 g/mol. The van der Waals surface area contributed by atoms with Crippen LogP contribution in [0.4, 0.5) is 0 Å². The number of carbonyl (C=O) groups is 5. The maximum absolute atomic E-state index is 12.7. The summed E-state index contributed by atoms with van der Waals surface area (Å²) in [4.78, 5) is 59.7. The van der Waals surface area contributed by atoms with E-state index in [9.17, 15) is 29.1 Å². The molecular weight excluding hydrogens is 428 g/mol. The van der Waals surface area contributed by atoms with E-state index in [0.29, 0.717) is 5.75 Å². The topological polar surface area (TPSA) is 188 Å². The first-order valence-corrected chi connectivity index (χ1v) is 11.4. The van der Waals surface area contributed by atoms with E-state index in [4.69, 9.17) is 10.8 Å². The van der Waals surface area contributed by atoms with Crippen LogP contribution in [0.2, 0.25) is 0 Å². The van der Waals surface area contributed by atoms with E-state index < -0.39 is 53.8 Å². The molecule has 0 aliphatic heterocycles. The molecule has 0 heterocycles. The highest BCUT2D eigenvalue weighted by atomic mass is 32.2. The maximum Gasteiger partial charge on any atom is 0.326 e. The van der Waals surface area contributed by atoms with Gasteiger partial charge in [-0.1, -0.05) is 13.8 Å². The molecule has 4 unspecified atom stereocenters. The third kappa shape index (κ3) is 12.2. The summed E-state index contributed by atoms with van der Waals surface area (Å²) in [5, 5.41) is 25.6. The van der Waals surface area contributed by atoms with Crippen molar-refractivity contribution in [3.8, 4) is 0 Å². The van der Waals surface area contributed by atoms with Crippen LogP contribution >= 0.6 is 11.8 Å². The fraction of sp³-hybridized carbons (Fsp3) is 0.737. The third-order valence-electron chi connectivity index (χ3n) is 4.26. The smallest absolute Gasteiger partial charge is 0.326 e. The van der Waals surface area contributed by atoms with E-state index in [2.05, 4.69) is 16.0 Å². The molecule has 0 saturated carbocycles. The summed E-state index contributed by atoms with van der Waals surface area (Å²) in [5.74, 6) is -3.85. The molecule has 0 aromatic heterocycles. The van der Waals surface area contributed by atoms with Gasteiger partial charge in [0.2, 0.25) is 17.7 Å². The summed E-state index contributed by atoms with van der Waals surface area (Å²) < 4.78 is 0. The second-order valence-corrected chi connectivity index (χ2v) is 8.64. The third-order valence-corrected chi connectivity index (χ3v) is 4.90. The highest BCUT2D eigenvalue weighted by Crippen LogP contribution is 2.08. The predicted molar refractivity (Wildman–Crippen MR) is 116 cm³/mol. The summed E-state index contributed by atoms with van der Waals surface area (Å²) in [6.07, 6.45) is 1.68. The van der Waals surface area contributed by atoms with Gasteiger partial charge in [-0.15, -0.1) is 0 Å². The lowest BCUT2D eigenvalue weighted by Crippen LogP contribution is -2.57. The molecule has 31 heavy (non-hydrogen) atoms. The zero-order valence-electron chi connectivity index (χ0n) is 18.3. The largest absolute Gasteiger partial charge is 0.481 e. The molecule has 4 atom stereocenters. The summed E-state index contributed by atoms with van der Waals surface area (Å²) >= 11 is 1.44. The Labute approximate surface area is 186 Å². The first-order valence-electron chi connectivity index (χ1n) is 9.99. The molecule has 178 valence electrons. The molecule has 11 nitrogen and oxygen atoms in total. The Morgan fingerprint density at radius 3 is 1.74 bits per heavy atom. The quantitative estimate of drug-likeness (QED) is 0.187. The molecular formula is C19H34N4O7S. The first kappa shape index (κ1) is 28.7. The molecule has 0 aromatic carbocycles. The van der Waals surface area contributed by atoms with Crippen LogP contribution in [0.25, 0.3) is 0 Å². The van der Waals surface area contributed by atoms with E-state index in [0.717, 1.165) is 0 Å². The Bertz CT molecular complexity index is 643. The Balaban J connectivity index is 5.41. The van der Waals surface area contributed by atoms with Crippen LogP contribution in [0.3, 0.4) is 0 Å². The molecule has 3 amide bonds. The highest BCUT2D eigenvalue weighted by molar-refractivity contribution is 7.98. The number of rotatable bonds is 15. The Morgan fingerprint density at radius 1 is 0.839 bits per heavy atom. The van der Waals surface area contributed by atoms with Crippen LogP contribution in [0.5, 0.6) is 0 Å². The number of nitrogens with one attached hydrogen (secondary N) is 3. The molecule has 0 saturated heterocycles. The van der Waals surface area contributed by atoms with Crippen molar-refractivity contribution in [2.45, 2.75) is 70.6 Å². The van der Waals surface area contributed by atoms with E-state index in [1.165, 1.54) is 18.7 Å². The SMILES string of the molecule is CSCCC(NC(=O)C(CCC(=O)O)NC(=O)C(C)N)C(=O)NC(CC(C)C)C(=O)O. The van der Waals surface area contributed by atoms with Crippen LogP contribution in [0.1, 0.15) is 46.5 Å². The Kier molecular flexibility index (Phi) is 13.5. The van der Waals surface area contributed by atoms with Crippen LogP contribution in [-0.2, 0) is 24.0 Å². The van der Waals surface area contributed by atoms with Gasteiger partial charge < -0.3 is 31.9 Å². The Hall–Kier alpha value is -2.34. The van der Waals surface area contributed by atoms with Gasteiger partial charge in [0.15, 0.2) is 0 Å². The van der Waals surface area contributed by atoms with Crippen LogP contribution in [0.15, 0.2) is 0 Å². The first-order chi connectivity index (χ1) is 14.4. The van der Waals surface area contributed by atoms with E-state index in [1.807, 2.05) is 20.1 Å². The van der Waals surface area contributed by atoms with Crippen molar-refractivity contribution >= 4 is 41.4 Å². The molecule has 0 bridgehead atoms. The van der Waals surface area contributed by atoms with Crippen LogP contribution in [0, 0.1) is 5.92 Å². The normalized spacial score (nSPS) is 14.8. The van der Waals surface area contributed by atoms with Gasteiger partial charge in [-0.25, -0.2) is 4.79 Å². The van der Waals surface area contributed by atoms with Gasteiger partial charge in [-0.05, 0) is 44.1 Å². The lowest BCUT2D eigenvalue weighted by Gasteiger charge is -2.25. The van der Waals surface area contributed by atoms with Gasteiger partial charge in [0.25, 0.3) is 0 Å². The number of hydrogen-bond acceptors (Lipinski definition) is 7. The van der Waals surface area contributed by atoms with Gasteiger partial charge in [0, 0.05) is 6.42 Å². The van der Waals surface area contributed by atoms with Crippen molar-refractivity contribution in [3.63, 3.8) is 0 Å². The highest BCUT2D eigenvalue weighted by Gasteiger charge is 2.30.